The molecule has 8 nitrogen and oxygen atoms in total. The fourth-order valence-electron chi connectivity index (χ4n) is 2.55. The molecule has 0 aromatic heterocycles. The van der Waals surface area contributed by atoms with Crippen molar-refractivity contribution in [1.82, 2.24) is 10.7 Å². The largest absolute Gasteiger partial charge is 0.507 e. The summed E-state index contributed by atoms with van der Waals surface area (Å²) >= 11 is 7.05. The summed E-state index contributed by atoms with van der Waals surface area (Å²) < 4.78 is 0.597. The number of aromatic hydroxyl groups is 1. The first kappa shape index (κ1) is 20.9. The number of benzene rings is 2. The van der Waals surface area contributed by atoms with Crippen LogP contribution in [0.3, 0.4) is 0 Å². The number of halogens is 1. The van der Waals surface area contributed by atoms with Crippen molar-refractivity contribution in [3.8, 4) is 5.75 Å². The maximum Gasteiger partial charge on any atom is 0.271 e. The molecule has 1 fully saturated rings. The predicted molar refractivity (Wildman–Crippen MR) is 120 cm³/mol. The number of rotatable bonds is 4. The SMILES string of the molecule is Cc1ccc(N2C(=O)[C@H](/C=N/NC(=O)c3ccc(I)c(O)c3)C(=O)NC2=S)cc1. The van der Waals surface area contributed by atoms with Crippen LogP contribution in [0.5, 0.6) is 5.75 Å². The Hall–Kier alpha value is -2.86. The molecule has 3 amide bonds. The van der Waals surface area contributed by atoms with E-state index in [4.69, 9.17) is 12.2 Å². The molecule has 2 aromatic rings. The Kier molecular flexibility index (Phi) is 6.23. The van der Waals surface area contributed by atoms with E-state index in [2.05, 4.69) is 15.8 Å². The topological polar surface area (TPSA) is 111 Å². The molecule has 10 heteroatoms. The smallest absolute Gasteiger partial charge is 0.271 e. The molecule has 0 spiro atoms. The van der Waals surface area contributed by atoms with Crippen molar-refractivity contribution in [3.05, 3.63) is 57.2 Å². The first-order chi connectivity index (χ1) is 13.8. The number of thiocarbonyl (C=S) groups is 1. The number of anilines is 1. The summed E-state index contributed by atoms with van der Waals surface area (Å²) in [5, 5.41) is 15.9. The van der Waals surface area contributed by atoms with Gasteiger partial charge in [-0.3, -0.25) is 19.3 Å². The third-order valence-corrected chi connectivity index (χ3v) is 5.29. The monoisotopic (exact) mass is 522 g/mol. The highest BCUT2D eigenvalue weighted by atomic mass is 127. The molecule has 0 radical (unpaired) electrons. The predicted octanol–water partition coefficient (Wildman–Crippen LogP) is 2.08. The van der Waals surface area contributed by atoms with Gasteiger partial charge in [0.25, 0.3) is 11.8 Å². The minimum atomic E-state index is -1.26. The van der Waals surface area contributed by atoms with Gasteiger partial charge >= 0.3 is 0 Å². The van der Waals surface area contributed by atoms with Gasteiger partial charge in [-0.05, 0) is 72.1 Å². The van der Waals surface area contributed by atoms with Crippen LogP contribution in [0.1, 0.15) is 15.9 Å². The maximum atomic E-state index is 12.8. The second-order valence-electron chi connectivity index (χ2n) is 6.17. The Bertz CT molecular complexity index is 1040. The van der Waals surface area contributed by atoms with Crippen LogP contribution in [0.4, 0.5) is 5.69 Å². The Morgan fingerprint density at radius 1 is 1.28 bits per heavy atom. The molecule has 1 aliphatic heterocycles. The van der Waals surface area contributed by atoms with E-state index in [1.165, 1.54) is 17.0 Å². The summed E-state index contributed by atoms with van der Waals surface area (Å²) in [5.41, 5.74) is 3.95. The number of amides is 3. The number of nitrogens with zero attached hydrogens (tertiary/aromatic N) is 2. The molecule has 3 N–H and O–H groups in total. The molecule has 3 rings (SSSR count). The number of aryl methyl sites for hydroxylation is 1. The molecule has 0 saturated carbocycles. The van der Waals surface area contributed by atoms with Crippen molar-refractivity contribution in [2.45, 2.75) is 6.92 Å². The highest BCUT2D eigenvalue weighted by Gasteiger charge is 2.38. The molecular weight excluding hydrogens is 507 g/mol. The van der Waals surface area contributed by atoms with Crippen LogP contribution in [0.15, 0.2) is 47.6 Å². The molecular formula is C19H15IN4O4S. The van der Waals surface area contributed by atoms with E-state index in [0.29, 0.717) is 9.26 Å². The number of phenols is 1. The van der Waals surface area contributed by atoms with Gasteiger partial charge in [0.1, 0.15) is 5.75 Å². The molecule has 0 aliphatic carbocycles. The second kappa shape index (κ2) is 8.66. The molecule has 1 saturated heterocycles. The molecule has 1 heterocycles. The number of hydrogen-bond donors (Lipinski definition) is 3. The minimum Gasteiger partial charge on any atom is -0.507 e. The van der Waals surface area contributed by atoms with Crippen LogP contribution < -0.4 is 15.6 Å². The molecule has 2 aromatic carbocycles. The van der Waals surface area contributed by atoms with E-state index in [1.54, 1.807) is 18.2 Å². The summed E-state index contributed by atoms with van der Waals surface area (Å²) in [6.45, 7) is 1.91. The third-order valence-electron chi connectivity index (χ3n) is 4.09. The number of nitrogens with one attached hydrogen (secondary N) is 2. The highest BCUT2D eigenvalue weighted by molar-refractivity contribution is 14.1. The van der Waals surface area contributed by atoms with Crippen molar-refractivity contribution in [1.29, 1.82) is 0 Å². The van der Waals surface area contributed by atoms with Crippen molar-refractivity contribution in [2.75, 3.05) is 4.90 Å². The lowest BCUT2D eigenvalue weighted by Crippen LogP contribution is -2.58. The van der Waals surface area contributed by atoms with Crippen LogP contribution in [-0.2, 0) is 9.59 Å². The first-order valence-electron chi connectivity index (χ1n) is 8.35. The number of hydrazone groups is 1. The van der Waals surface area contributed by atoms with Crippen LogP contribution in [0.25, 0.3) is 0 Å². The average Bonchev–Trinajstić information content (AvgIpc) is 2.67. The molecule has 0 bridgehead atoms. The summed E-state index contributed by atoms with van der Waals surface area (Å²) in [6, 6.07) is 11.5. The number of phenolic OH excluding ortho intramolecular Hbond substituents is 1. The zero-order valence-electron chi connectivity index (χ0n) is 15.0. The van der Waals surface area contributed by atoms with Gasteiger partial charge in [-0.15, -0.1) is 0 Å². The zero-order chi connectivity index (χ0) is 21.1. The zero-order valence-corrected chi connectivity index (χ0v) is 18.0. The summed E-state index contributed by atoms with van der Waals surface area (Å²) in [6.07, 6.45) is 1.05. The first-order valence-corrected chi connectivity index (χ1v) is 9.84. The Balaban J connectivity index is 1.74. The number of hydrogen-bond acceptors (Lipinski definition) is 6. The van der Waals surface area contributed by atoms with E-state index >= 15 is 0 Å². The van der Waals surface area contributed by atoms with Gasteiger partial charge in [0.2, 0.25) is 5.91 Å². The van der Waals surface area contributed by atoms with Crippen molar-refractivity contribution < 1.29 is 19.5 Å². The van der Waals surface area contributed by atoms with E-state index in [9.17, 15) is 19.5 Å². The normalized spacial score (nSPS) is 16.8. The Morgan fingerprint density at radius 3 is 2.62 bits per heavy atom. The summed E-state index contributed by atoms with van der Waals surface area (Å²) in [5.74, 6) is -3.09. The molecule has 29 heavy (non-hydrogen) atoms. The Morgan fingerprint density at radius 2 is 1.97 bits per heavy atom. The molecule has 1 atom stereocenters. The third kappa shape index (κ3) is 4.59. The van der Waals surface area contributed by atoms with Crippen LogP contribution in [0, 0.1) is 16.4 Å². The lowest BCUT2D eigenvalue weighted by Gasteiger charge is -2.30. The van der Waals surface area contributed by atoms with Crippen molar-refractivity contribution >= 4 is 69.5 Å². The van der Waals surface area contributed by atoms with Crippen molar-refractivity contribution in [3.63, 3.8) is 0 Å². The van der Waals surface area contributed by atoms with Gasteiger partial charge in [-0.2, -0.15) is 5.10 Å². The van der Waals surface area contributed by atoms with Gasteiger partial charge in [0.05, 0.1) is 9.26 Å². The second-order valence-corrected chi connectivity index (χ2v) is 7.72. The average molecular weight is 522 g/mol. The fourth-order valence-corrected chi connectivity index (χ4v) is 3.18. The van der Waals surface area contributed by atoms with Crippen LogP contribution in [-0.4, -0.2) is 34.2 Å². The van der Waals surface area contributed by atoms with Gasteiger partial charge in [0.15, 0.2) is 11.0 Å². The van der Waals surface area contributed by atoms with E-state index in [1.807, 2.05) is 41.6 Å². The molecule has 148 valence electrons. The standard InChI is InChI=1S/C19H15IN4O4S/c1-10-2-5-12(6-3-10)24-18(28)13(17(27)22-19(24)29)9-21-23-16(26)11-4-7-14(20)15(25)8-11/h2-9,13,25H,1H3,(H,23,26)(H,22,27,29)/b21-9+/t13-/m1/s1. The van der Waals surface area contributed by atoms with E-state index < -0.39 is 23.6 Å². The van der Waals surface area contributed by atoms with Gasteiger partial charge in [-0.25, -0.2) is 5.43 Å². The number of carbonyl (C=O) groups is 3. The lowest BCUT2D eigenvalue weighted by molar-refractivity contribution is -0.130. The molecule has 0 unspecified atom stereocenters. The highest BCUT2D eigenvalue weighted by Crippen LogP contribution is 2.21. The Labute approximate surface area is 185 Å². The van der Waals surface area contributed by atoms with Crippen LogP contribution >= 0.6 is 34.8 Å². The quantitative estimate of drug-likeness (QED) is 0.187. The maximum absolute atomic E-state index is 12.8. The minimum absolute atomic E-state index is 0.0214. The van der Waals surface area contributed by atoms with Crippen molar-refractivity contribution in [2.24, 2.45) is 11.0 Å². The number of carbonyl (C=O) groups excluding carboxylic acids is 3. The van der Waals surface area contributed by atoms with E-state index in [-0.39, 0.29) is 16.4 Å². The molecule has 1 aliphatic rings. The van der Waals surface area contributed by atoms with Gasteiger partial charge in [-0.1, -0.05) is 17.7 Å². The summed E-state index contributed by atoms with van der Waals surface area (Å²) in [4.78, 5) is 38.3. The van der Waals surface area contributed by atoms with Gasteiger partial charge in [0, 0.05) is 11.8 Å². The lowest BCUT2D eigenvalue weighted by atomic mass is 10.1. The van der Waals surface area contributed by atoms with E-state index in [0.717, 1.165) is 11.8 Å². The van der Waals surface area contributed by atoms with Crippen LogP contribution in [0.2, 0.25) is 0 Å². The summed E-state index contributed by atoms with van der Waals surface area (Å²) in [7, 11) is 0. The fraction of sp³-hybridized carbons (Fsp3) is 0.105. The van der Waals surface area contributed by atoms with Gasteiger partial charge < -0.3 is 10.4 Å².